The second-order valence-corrected chi connectivity index (χ2v) is 5.29. The Morgan fingerprint density at radius 3 is 2.55 bits per heavy atom. The molecule has 0 saturated heterocycles. The summed E-state index contributed by atoms with van der Waals surface area (Å²) in [4.78, 5) is 14.5. The van der Waals surface area contributed by atoms with Crippen molar-refractivity contribution in [3.8, 4) is 0 Å². The lowest BCUT2D eigenvalue weighted by atomic mass is 9.74. The van der Waals surface area contributed by atoms with E-state index in [0.717, 1.165) is 12.5 Å². The molecule has 110 valence electrons. The predicted octanol–water partition coefficient (Wildman–Crippen LogP) is 3.56. The largest absolute Gasteiger partial charge is 0.481 e. The molecular weight excluding hydrogens is 297 g/mol. The standard InChI is InChI=1S/C12H12ClF3N2O2/c13-8-4-7(12(14,15)16)6-17-10(8)18-11(2-1-3-11)5-9(19)20/h4,6H,1-3,5H2,(H,17,18)(H,19,20). The van der Waals surface area contributed by atoms with Gasteiger partial charge in [0.05, 0.1) is 17.0 Å². The number of halogens is 4. The van der Waals surface area contributed by atoms with Gasteiger partial charge in [0.25, 0.3) is 0 Å². The summed E-state index contributed by atoms with van der Waals surface area (Å²) >= 11 is 5.79. The number of rotatable bonds is 4. The molecular formula is C12H12ClF3N2O2. The van der Waals surface area contributed by atoms with E-state index >= 15 is 0 Å². The lowest BCUT2D eigenvalue weighted by Crippen LogP contribution is -2.47. The van der Waals surface area contributed by atoms with Crippen LogP contribution in [0.5, 0.6) is 0 Å². The Hall–Kier alpha value is -1.50. The fourth-order valence-corrected chi connectivity index (χ4v) is 2.39. The first-order valence-corrected chi connectivity index (χ1v) is 6.32. The molecule has 0 bridgehead atoms. The highest BCUT2D eigenvalue weighted by Crippen LogP contribution is 2.40. The fraction of sp³-hybridized carbons (Fsp3) is 0.500. The molecule has 4 nitrogen and oxygen atoms in total. The lowest BCUT2D eigenvalue weighted by molar-refractivity contribution is -0.139. The number of hydrogen-bond donors (Lipinski definition) is 2. The van der Waals surface area contributed by atoms with Crippen LogP contribution in [0.1, 0.15) is 31.2 Å². The summed E-state index contributed by atoms with van der Waals surface area (Å²) in [6.07, 6.45) is -1.84. The highest BCUT2D eigenvalue weighted by molar-refractivity contribution is 6.33. The zero-order valence-corrected chi connectivity index (χ0v) is 11.1. The van der Waals surface area contributed by atoms with Crippen molar-refractivity contribution in [2.24, 2.45) is 0 Å². The number of carbonyl (C=O) groups is 1. The van der Waals surface area contributed by atoms with Crippen LogP contribution in [-0.2, 0) is 11.0 Å². The third kappa shape index (κ3) is 3.15. The number of alkyl halides is 3. The number of hydrogen-bond acceptors (Lipinski definition) is 3. The number of nitrogens with one attached hydrogen (secondary N) is 1. The first-order chi connectivity index (χ1) is 9.22. The second-order valence-electron chi connectivity index (χ2n) is 4.88. The van der Waals surface area contributed by atoms with Gasteiger partial charge >= 0.3 is 12.1 Å². The molecule has 1 fully saturated rings. The van der Waals surface area contributed by atoms with E-state index in [2.05, 4.69) is 10.3 Å². The third-order valence-corrected chi connectivity index (χ3v) is 3.64. The molecule has 8 heteroatoms. The van der Waals surface area contributed by atoms with Crippen LogP contribution in [0.4, 0.5) is 19.0 Å². The highest BCUT2D eigenvalue weighted by atomic mass is 35.5. The van der Waals surface area contributed by atoms with Crippen LogP contribution in [0.25, 0.3) is 0 Å². The second kappa shape index (κ2) is 5.12. The number of carboxylic acids is 1. The monoisotopic (exact) mass is 308 g/mol. The Labute approximate surface area is 118 Å². The van der Waals surface area contributed by atoms with Crippen molar-refractivity contribution in [3.63, 3.8) is 0 Å². The van der Waals surface area contributed by atoms with E-state index in [9.17, 15) is 18.0 Å². The summed E-state index contributed by atoms with van der Waals surface area (Å²) in [5.74, 6) is -0.888. The Morgan fingerprint density at radius 2 is 2.15 bits per heavy atom. The first-order valence-electron chi connectivity index (χ1n) is 5.95. The summed E-state index contributed by atoms with van der Waals surface area (Å²) in [7, 11) is 0. The van der Waals surface area contributed by atoms with E-state index in [0.29, 0.717) is 19.0 Å². The molecule has 1 aromatic rings. The molecule has 1 heterocycles. The minimum atomic E-state index is -4.51. The maximum atomic E-state index is 12.5. The van der Waals surface area contributed by atoms with Crippen LogP contribution < -0.4 is 5.32 Å². The van der Waals surface area contributed by atoms with Crippen LogP contribution in [-0.4, -0.2) is 21.6 Å². The Balaban J connectivity index is 2.19. The molecule has 0 radical (unpaired) electrons. The molecule has 1 aliphatic rings. The molecule has 2 N–H and O–H groups in total. The highest BCUT2D eigenvalue weighted by Gasteiger charge is 2.40. The predicted molar refractivity (Wildman–Crippen MR) is 66.7 cm³/mol. The third-order valence-electron chi connectivity index (χ3n) is 3.35. The van der Waals surface area contributed by atoms with Crippen molar-refractivity contribution in [2.75, 3.05) is 5.32 Å². The van der Waals surface area contributed by atoms with Crippen LogP contribution >= 0.6 is 11.6 Å². The maximum absolute atomic E-state index is 12.5. The number of anilines is 1. The number of nitrogens with zero attached hydrogens (tertiary/aromatic N) is 1. The van der Waals surface area contributed by atoms with Gasteiger partial charge in [-0.1, -0.05) is 11.6 Å². The zero-order valence-electron chi connectivity index (χ0n) is 10.3. The molecule has 20 heavy (non-hydrogen) atoms. The van der Waals surface area contributed by atoms with E-state index in [1.54, 1.807) is 0 Å². The van der Waals surface area contributed by atoms with Gasteiger partial charge in [0.2, 0.25) is 0 Å². The Morgan fingerprint density at radius 1 is 1.50 bits per heavy atom. The molecule has 0 aromatic carbocycles. The van der Waals surface area contributed by atoms with Crippen molar-refractivity contribution in [3.05, 3.63) is 22.8 Å². The van der Waals surface area contributed by atoms with E-state index < -0.39 is 23.2 Å². The van der Waals surface area contributed by atoms with Crippen LogP contribution in [0.2, 0.25) is 5.02 Å². The minimum Gasteiger partial charge on any atom is -0.481 e. The maximum Gasteiger partial charge on any atom is 0.417 e. The van der Waals surface area contributed by atoms with Crippen molar-refractivity contribution < 1.29 is 23.1 Å². The molecule has 0 spiro atoms. The van der Waals surface area contributed by atoms with E-state index in [-0.39, 0.29) is 17.3 Å². The van der Waals surface area contributed by atoms with Gasteiger partial charge in [-0.15, -0.1) is 0 Å². The summed E-state index contributed by atoms with van der Waals surface area (Å²) < 4.78 is 37.5. The van der Waals surface area contributed by atoms with Crippen LogP contribution in [0.15, 0.2) is 12.3 Å². The number of pyridine rings is 1. The van der Waals surface area contributed by atoms with E-state index in [4.69, 9.17) is 16.7 Å². The molecule has 1 saturated carbocycles. The lowest BCUT2D eigenvalue weighted by Gasteiger charge is -2.42. The smallest absolute Gasteiger partial charge is 0.417 e. The molecule has 0 atom stereocenters. The van der Waals surface area contributed by atoms with Gasteiger partial charge in [0.1, 0.15) is 5.82 Å². The summed E-state index contributed by atoms with van der Waals surface area (Å²) in [5, 5.41) is 11.6. The quantitative estimate of drug-likeness (QED) is 0.892. The van der Waals surface area contributed by atoms with Crippen molar-refractivity contribution in [1.29, 1.82) is 0 Å². The van der Waals surface area contributed by atoms with Crippen molar-refractivity contribution in [2.45, 2.75) is 37.4 Å². The van der Waals surface area contributed by atoms with Gasteiger partial charge < -0.3 is 10.4 Å². The van der Waals surface area contributed by atoms with Gasteiger partial charge in [-0.05, 0) is 25.3 Å². The Kier molecular flexibility index (Phi) is 3.82. The number of aromatic nitrogens is 1. The number of aliphatic carboxylic acids is 1. The molecule has 1 aliphatic carbocycles. The summed E-state index contributed by atoms with van der Waals surface area (Å²) in [6, 6.07) is 0.782. The molecule has 2 rings (SSSR count). The molecule has 0 aliphatic heterocycles. The zero-order chi connectivity index (χ0) is 15.0. The molecule has 0 amide bonds. The van der Waals surface area contributed by atoms with E-state index in [1.807, 2.05) is 0 Å². The average Bonchev–Trinajstić information content (AvgIpc) is 2.26. The topological polar surface area (TPSA) is 62.2 Å². The number of carboxylic acid groups (broad SMARTS) is 1. The van der Waals surface area contributed by atoms with Crippen molar-refractivity contribution in [1.82, 2.24) is 4.98 Å². The first kappa shape index (κ1) is 14.9. The SMILES string of the molecule is O=C(O)CC1(Nc2ncc(C(F)(F)F)cc2Cl)CCC1. The van der Waals surface area contributed by atoms with Crippen molar-refractivity contribution >= 4 is 23.4 Å². The molecule has 0 unspecified atom stereocenters. The van der Waals surface area contributed by atoms with Gasteiger partial charge in [-0.2, -0.15) is 13.2 Å². The minimum absolute atomic E-state index is 0.0839. The Bertz CT molecular complexity index is 530. The van der Waals surface area contributed by atoms with Gasteiger partial charge in [-0.3, -0.25) is 4.79 Å². The van der Waals surface area contributed by atoms with Crippen LogP contribution in [0.3, 0.4) is 0 Å². The van der Waals surface area contributed by atoms with E-state index in [1.165, 1.54) is 0 Å². The van der Waals surface area contributed by atoms with Gasteiger partial charge in [0.15, 0.2) is 0 Å². The fourth-order valence-electron chi connectivity index (χ4n) is 2.18. The summed E-state index contributed by atoms with van der Waals surface area (Å²) in [6.45, 7) is 0. The summed E-state index contributed by atoms with van der Waals surface area (Å²) in [5.41, 5.74) is -1.60. The van der Waals surface area contributed by atoms with Gasteiger partial charge in [-0.25, -0.2) is 4.98 Å². The van der Waals surface area contributed by atoms with Crippen LogP contribution in [0, 0.1) is 0 Å². The normalized spacial score (nSPS) is 17.4. The molecule has 1 aromatic heterocycles. The average molecular weight is 309 g/mol. The van der Waals surface area contributed by atoms with Gasteiger partial charge in [0, 0.05) is 11.7 Å².